The Morgan fingerprint density at radius 3 is 2.50 bits per heavy atom. The summed E-state index contributed by atoms with van der Waals surface area (Å²) in [4.78, 5) is 17.1. The van der Waals surface area contributed by atoms with Crippen LogP contribution in [0.3, 0.4) is 0 Å². The zero-order valence-electron chi connectivity index (χ0n) is 15.6. The average Bonchev–Trinajstić information content (AvgIpc) is 2.73. The molecular formula is C22H22N2O3S. The molecule has 0 aliphatic carbocycles. The van der Waals surface area contributed by atoms with Crippen molar-refractivity contribution in [3.63, 3.8) is 0 Å². The first-order chi connectivity index (χ1) is 13.6. The number of aryl methyl sites for hydroxylation is 1. The predicted molar refractivity (Wildman–Crippen MR) is 109 cm³/mol. The van der Waals surface area contributed by atoms with Gasteiger partial charge in [-0.15, -0.1) is 0 Å². The summed E-state index contributed by atoms with van der Waals surface area (Å²) in [5.41, 5.74) is 2.79. The highest BCUT2D eigenvalue weighted by Gasteiger charge is 2.20. The molecule has 3 aromatic rings. The summed E-state index contributed by atoms with van der Waals surface area (Å²) in [6.45, 7) is 2.18. The van der Waals surface area contributed by atoms with Crippen molar-refractivity contribution in [2.45, 2.75) is 30.9 Å². The minimum atomic E-state index is -1.46. The average molecular weight is 394 g/mol. The minimum Gasteiger partial charge on any atom is -0.461 e. The molecule has 5 nitrogen and oxygen atoms in total. The van der Waals surface area contributed by atoms with E-state index in [1.807, 2.05) is 67.6 Å². The van der Waals surface area contributed by atoms with E-state index in [1.54, 1.807) is 18.5 Å². The van der Waals surface area contributed by atoms with Crippen LogP contribution in [-0.2, 0) is 27.1 Å². The van der Waals surface area contributed by atoms with Gasteiger partial charge in [-0.25, -0.2) is 8.93 Å². The number of hydrogen-bond donors (Lipinski definition) is 1. The Balaban J connectivity index is 1.67. The summed E-state index contributed by atoms with van der Waals surface area (Å²) in [5, 5.41) is 0. The summed E-state index contributed by atoms with van der Waals surface area (Å²) in [5.74, 6) is -0.369. The SMILES string of the molecule is Cc1ccc([S@@](=O)N[C@@H](CC(=O)OCc2ccccc2)c2cccnc2)cc1. The van der Waals surface area contributed by atoms with Gasteiger partial charge in [0.25, 0.3) is 0 Å². The lowest BCUT2D eigenvalue weighted by Gasteiger charge is -2.18. The number of benzene rings is 2. The number of nitrogens with zero attached hydrogens (tertiary/aromatic N) is 1. The zero-order chi connectivity index (χ0) is 19.8. The van der Waals surface area contributed by atoms with Crippen LogP contribution >= 0.6 is 0 Å². The van der Waals surface area contributed by atoms with E-state index in [1.165, 1.54) is 0 Å². The Hall–Kier alpha value is -2.83. The fraction of sp³-hybridized carbons (Fsp3) is 0.182. The molecule has 0 unspecified atom stereocenters. The van der Waals surface area contributed by atoms with Gasteiger partial charge in [0.1, 0.15) is 17.6 Å². The molecule has 28 heavy (non-hydrogen) atoms. The highest BCUT2D eigenvalue weighted by Crippen LogP contribution is 2.19. The number of carbonyl (C=O) groups excluding carboxylic acids is 1. The highest BCUT2D eigenvalue weighted by atomic mass is 32.2. The molecule has 1 aromatic heterocycles. The maximum atomic E-state index is 12.7. The quantitative estimate of drug-likeness (QED) is 0.589. The van der Waals surface area contributed by atoms with E-state index in [0.717, 1.165) is 16.7 Å². The second-order valence-electron chi connectivity index (χ2n) is 6.39. The molecule has 2 aromatic carbocycles. The van der Waals surface area contributed by atoms with Crippen molar-refractivity contribution in [3.05, 3.63) is 95.8 Å². The van der Waals surface area contributed by atoms with E-state index in [-0.39, 0.29) is 19.0 Å². The van der Waals surface area contributed by atoms with Crippen molar-refractivity contribution in [2.75, 3.05) is 0 Å². The zero-order valence-corrected chi connectivity index (χ0v) is 16.4. The number of aromatic nitrogens is 1. The molecule has 144 valence electrons. The second kappa shape index (κ2) is 9.92. The standard InChI is InChI=1S/C22H22N2O3S/c1-17-9-11-20(12-10-17)28(26)24-21(19-8-5-13-23-15-19)14-22(25)27-16-18-6-3-2-4-7-18/h2-13,15,21,24H,14,16H2,1H3/t21-,28+/m0/s1. The van der Waals surface area contributed by atoms with E-state index < -0.39 is 17.0 Å². The van der Waals surface area contributed by atoms with Gasteiger partial charge in [-0.2, -0.15) is 0 Å². The van der Waals surface area contributed by atoms with Crippen LogP contribution in [0.1, 0.15) is 29.2 Å². The van der Waals surface area contributed by atoms with Gasteiger partial charge in [0, 0.05) is 12.4 Å². The summed E-state index contributed by atoms with van der Waals surface area (Å²) < 4.78 is 21.1. The molecule has 3 rings (SSSR count). The first-order valence-electron chi connectivity index (χ1n) is 8.96. The molecule has 2 atom stereocenters. The normalized spacial score (nSPS) is 12.9. The molecule has 1 heterocycles. The number of ether oxygens (including phenoxy) is 1. The largest absolute Gasteiger partial charge is 0.461 e. The van der Waals surface area contributed by atoms with E-state index in [0.29, 0.717) is 4.90 Å². The number of rotatable bonds is 8. The van der Waals surface area contributed by atoms with Gasteiger partial charge in [-0.3, -0.25) is 9.78 Å². The fourth-order valence-electron chi connectivity index (χ4n) is 2.63. The van der Waals surface area contributed by atoms with Crippen molar-refractivity contribution >= 4 is 17.0 Å². The van der Waals surface area contributed by atoms with Crippen molar-refractivity contribution in [2.24, 2.45) is 0 Å². The third-order valence-electron chi connectivity index (χ3n) is 4.18. The first kappa shape index (κ1) is 19.9. The number of hydrogen-bond acceptors (Lipinski definition) is 4. The van der Waals surface area contributed by atoms with E-state index >= 15 is 0 Å². The topological polar surface area (TPSA) is 68.3 Å². The maximum absolute atomic E-state index is 12.7. The molecule has 6 heteroatoms. The van der Waals surface area contributed by atoms with Crippen molar-refractivity contribution < 1.29 is 13.7 Å². The Morgan fingerprint density at radius 2 is 1.82 bits per heavy atom. The van der Waals surface area contributed by atoms with Gasteiger partial charge in [-0.05, 0) is 36.2 Å². The fourth-order valence-corrected chi connectivity index (χ4v) is 3.63. The van der Waals surface area contributed by atoms with E-state index in [2.05, 4.69) is 9.71 Å². The number of esters is 1. The summed E-state index contributed by atoms with van der Waals surface area (Å²) in [6.07, 6.45) is 3.37. The molecule has 0 radical (unpaired) electrons. The van der Waals surface area contributed by atoms with Gasteiger partial charge < -0.3 is 4.74 Å². The van der Waals surface area contributed by atoms with Crippen molar-refractivity contribution in [1.82, 2.24) is 9.71 Å². The molecular weight excluding hydrogens is 372 g/mol. The van der Waals surface area contributed by atoms with Crippen LogP contribution in [-0.4, -0.2) is 15.2 Å². The number of nitrogens with one attached hydrogen (secondary N) is 1. The highest BCUT2D eigenvalue weighted by molar-refractivity contribution is 7.83. The number of carbonyl (C=O) groups is 1. The molecule has 0 bridgehead atoms. The van der Waals surface area contributed by atoms with Gasteiger partial charge in [0.15, 0.2) is 0 Å². The molecule has 0 fully saturated rings. The van der Waals surface area contributed by atoms with Gasteiger partial charge >= 0.3 is 5.97 Å². The van der Waals surface area contributed by atoms with Crippen molar-refractivity contribution in [1.29, 1.82) is 0 Å². The van der Waals surface area contributed by atoms with Gasteiger partial charge in [0.2, 0.25) is 0 Å². The lowest BCUT2D eigenvalue weighted by molar-refractivity contribution is -0.145. The third-order valence-corrected chi connectivity index (χ3v) is 5.38. The monoisotopic (exact) mass is 394 g/mol. The Labute approximate surface area is 167 Å². The minimum absolute atomic E-state index is 0.0517. The smallest absolute Gasteiger partial charge is 0.308 e. The van der Waals surface area contributed by atoms with Gasteiger partial charge in [0.05, 0.1) is 17.4 Å². The lowest BCUT2D eigenvalue weighted by Crippen LogP contribution is -2.27. The summed E-state index contributed by atoms with van der Waals surface area (Å²) >= 11 is 0. The Bertz CT molecular complexity index is 916. The third kappa shape index (κ3) is 5.84. The Morgan fingerprint density at radius 1 is 1.07 bits per heavy atom. The summed E-state index contributed by atoms with van der Waals surface area (Å²) in [6, 6.07) is 20.1. The van der Waals surface area contributed by atoms with E-state index in [9.17, 15) is 9.00 Å². The second-order valence-corrected chi connectivity index (χ2v) is 7.63. The van der Waals surface area contributed by atoms with Crippen LogP contribution in [0.2, 0.25) is 0 Å². The van der Waals surface area contributed by atoms with Crippen molar-refractivity contribution in [3.8, 4) is 0 Å². The maximum Gasteiger partial charge on any atom is 0.308 e. The Kier molecular flexibility index (Phi) is 7.06. The van der Waals surface area contributed by atoms with Gasteiger partial charge in [-0.1, -0.05) is 54.1 Å². The lowest BCUT2D eigenvalue weighted by atomic mass is 10.1. The molecule has 0 aliphatic heterocycles. The molecule has 0 aliphatic rings. The molecule has 0 saturated heterocycles. The molecule has 0 saturated carbocycles. The first-order valence-corrected chi connectivity index (χ1v) is 10.1. The van der Waals surface area contributed by atoms with Crippen LogP contribution in [0.15, 0.2) is 84.0 Å². The van der Waals surface area contributed by atoms with Crippen LogP contribution in [0.4, 0.5) is 0 Å². The predicted octanol–water partition coefficient (Wildman–Crippen LogP) is 3.88. The summed E-state index contributed by atoms with van der Waals surface area (Å²) in [7, 11) is -1.46. The van der Waals surface area contributed by atoms with Crippen LogP contribution in [0.5, 0.6) is 0 Å². The van der Waals surface area contributed by atoms with Crippen LogP contribution in [0, 0.1) is 6.92 Å². The molecule has 1 N–H and O–H groups in total. The number of pyridine rings is 1. The van der Waals surface area contributed by atoms with E-state index in [4.69, 9.17) is 4.74 Å². The molecule has 0 spiro atoms. The molecule has 0 amide bonds. The van der Waals surface area contributed by atoms with Crippen LogP contribution in [0.25, 0.3) is 0 Å². The van der Waals surface area contributed by atoms with Crippen LogP contribution < -0.4 is 4.72 Å².